The van der Waals surface area contributed by atoms with Crippen molar-refractivity contribution in [2.75, 3.05) is 13.2 Å². The number of nitrogens with one attached hydrogen (secondary N) is 1. The second kappa shape index (κ2) is 9.15. The lowest BCUT2D eigenvalue weighted by atomic mass is 10.2. The van der Waals surface area contributed by atoms with Gasteiger partial charge in [0.2, 0.25) is 0 Å². The minimum Gasteiger partial charge on any atom is -0.452 e. The minimum atomic E-state index is -0.574. The van der Waals surface area contributed by atoms with Crippen LogP contribution in [0.1, 0.15) is 25.3 Å². The molecule has 0 radical (unpaired) electrons. The molecule has 0 heterocycles. The molecular formula is C15H18ClNO3. The SMILES string of the molecule is CCCCNC(=O)COC(=O)C=Cc1ccccc1Cl. The highest BCUT2D eigenvalue weighted by Gasteiger charge is 2.04. The first-order valence-electron chi connectivity index (χ1n) is 6.49. The lowest BCUT2D eigenvalue weighted by molar-refractivity contribution is -0.143. The number of halogens is 1. The predicted octanol–water partition coefficient (Wildman–Crippen LogP) is 2.81. The Bertz CT molecular complexity index is 486. The normalized spacial score (nSPS) is 10.5. The van der Waals surface area contributed by atoms with Gasteiger partial charge in [-0.15, -0.1) is 0 Å². The zero-order chi connectivity index (χ0) is 14.8. The molecule has 0 saturated heterocycles. The number of ether oxygens (including phenoxy) is 1. The zero-order valence-corrected chi connectivity index (χ0v) is 12.2. The molecule has 0 spiro atoms. The van der Waals surface area contributed by atoms with E-state index in [0.29, 0.717) is 11.6 Å². The van der Waals surface area contributed by atoms with Gasteiger partial charge in [-0.25, -0.2) is 4.79 Å². The van der Waals surface area contributed by atoms with Crippen molar-refractivity contribution in [3.63, 3.8) is 0 Å². The molecule has 0 aromatic heterocycles. The van der Waals surface area contributed by atoms with Crippen molar-refractivity contribution in [1.29, 1.82) is 0 Å². The lowest BCUT2D eigenvalue weighted by Crippen LogP contribution is -2.29. The number of amides is 1. The summed E-state index contributed by atoms with van der Waals surface area (Å²) in [7, 11) is 0. The summed E-state index contributed by atoms with van der Waals surface area (Å²) in [4.78, 5) is 22.7. The predicted molar refractivity (Wildman–Crippen MR) is 79.4 cm³/mol. The molecule has 108 valence electrons. The van der Waals surface area contributed by atoms with E-state index in [-0.39, 0.29) is 12.5 Å². The molecule has 5 heteroatoms. The van der Waals surface area contributed by atoms with Gasteiger partial charge >= 0.3 is 5.97 Å². The topological polar surface area (TPSA) is 55.4 Å². The summed E-state index contributed by atoms with van der Waals surface area (Å²) >= 11 is 5.94. The molecule has 0 bridgehead atoms. The number of carbonyl (C=O) groups is 2. The van der Waals surface area contributed by atoms with E-state index in [2.05, 4.69) is 5.32 Å². The monoisotopic (exact) mass is 295 g/mol. The molecular weight excluding hydrogens is 278 g/mol. The van der Waals surface area contributed by atoms with E-state index in [1.807, 2.05) is 13.0 Å². The Morgan fingerprint density at radius 2 is 2.10 bits per heavy atom. The van der Waals surface area contributed by atoms with Crippen LogP contribution in [0.4, 0.5) is 0 Å². The third-order valence-corrected chi connectivity index (χ3v) is 2.85. The molecule has 0 aliphatic heterocycles. The van der Waals surface area contributed by atoms with Gasteiger partial charge in [-0.2, -0.15) is 0 Å². The fourth-order valence-electron chi connectivity index (χ4n) is 1.41. The highest BCUT2D eigenvalue weighted by Crippen LogP contribution is 2.16. The lowest BCUT2D eigenvalue weighted by Gasteiger charge is -2.04. The number of benzene rings is 1. The van der Waals surface area contributed by atoms with Crippen molar-refractivity contribution in [2.24, 2.45) is 0 Å². The van der Waals surface area contributed by atoms with Gasteiger partial charge < -0.3 is 10.1 Å². The molecule has 0 fully saturated rings. The molecule has 20 heavy (non-hydrogen) atoms. The van der Waals surface area contributed by atoms with Gasteiger partial charge in [0.15, 0.2) is 6.61 Å². The van der Waals surface area contributed by atoms with Crippen molar-refractivity contribution < 1.29 is 14.3 Å². The summed E-state index contributed by atoms with van der Waals surface area (Å²) in [6, 6.07) is 7.13. The standard InChI is InChI=1S/C15H18ClNO3/c1-2-3-10-17-14(18)11-20-15(19)9-8-12-6-4-5-7-13(12)16/h4-9H,2-3,10-11H2,1H3,(H,17,18). The van der Waals surface area contributed by atoms with Crippen molar-refractivity contribution in [3.8, 4) is 0 Å². The second-order valence-electron chi connectivity index (χ2n) is 4.17. The minimum absolute atomic E-state index is 0.268. The highest BCUT2D eigenvalue weighted by atomic mass is 35.5. The molecule has 0 aliphatic carbocycles. The Kier molecular flexibility index (Phi) is 7.43. The fourth-order valence-corrected chi connectivity index (χ4v) is 1.61. The second-order valence-corrected chi connectivity index (χ2v) is 4.57. The molecule has 1 aromatic rings. The number of hydrogen-bond donors (Lipinski definition) is 1. The summed E-state index contributed by atoms with van der Waals surface area (Å²) in [5, 5.41) is 3.21. The Morgan fingerprint density at radius 1 is 1.35 bits per heavy atom. The number of unbranched alkanes of at least 4 members (excludes halogenated alkanes) is 1. The molecule has 0 saturated carbocycles. The van der Waals surface area contributed by atoms with Gasteiger partial charge in [-0.3, -0.25) is 4.79 Å². The van der Waals surface area contributed by atoms with Crippen molar-refractivity contribution >= 4 is 29.6 Å². The average Bonchev–Trinajstić information content (AvgIpc) is 2.44. The van der Waals surface area contributed by atoms with Gasteiger partial charge in [-0.1, -0.05) is 43.1 Å². The van der Waals surface area contributed by atoms with E-state index in [9.17, 15) is 9.59 Å². The van der Waals surface area contributed by atoms with Crippen LogP contribution in [-0.4, -0.2) is 25.0 Å². The van der Waals surface area contributed by atoms with E-state index >= 15 is 0 Å². The molecule has 0 unspecified atom stereocenters. The van der Waals surface area contributed by atoms with Crippen LogP contribution in [0.25, 0.3) is 6.08 Å². The van der Waals surface area contributed by atoms with Gasteiger partial charge in [0.05, 0.1) is 0 Å². The Labute approximate surface area is 123 Å². The van der Waals surface area contributed by atoms with Gasteiger partial charge in [0, 0.05) is 17.6 Å². The Morgan fingerprint density at radius 3 is 2.80 bits per heavy atom. The van der Waals surface area contributed by atoms with Crippen LogP contribution in [0, 0.1) is 0 Å². The number of esters is 1. The highest BCUT2D eigenvalue weighted by molar-refractivity contribution is 6.32. The Hall–Kier alpha value is -1.81. The van der Waals surface area contributed by atoms with E-state index in [4.69, 9.17) is 16.3 Å². The summed E-state index contributed by atoms with van der Waals surface area (Å²) < 4.78 is 4.82. The quantitative estimate of drug-likeness (QED) is 0.478. The zero-order valence-electron chi connectivity index (χ0n) is 11.4. The number of hydrogen-bond acceptors (Lipinski definition) is 3. The molecule has 0 atom stereocenters. The van der Waals surface area contributed by atoms with Gasteiger partial charge in [0.1, 0.15) is 0 Å². The van der Waals surface area contributed by atoms with Gasteiger partial charge in [-0.05, 0) is 24.1 Å². The van der Waals surface area contributed by atoms with Crippen LogP contribution in [-0.2, 0) is 14.3 Å². The third kappa shape index (κ3) is 6.38. The number of carbonyl (C=O) groups excluding carboxylic acids is 2. The van der Waals surface area contributed by atoms with Gasteiger partial charge in [0.25, 0.3) is 5.91 Å². The van der Waals surface area contributed by atoms with Crippen LogP contribution in [0.5, 0.6) is 0 Å². The first-order chi connectivity index (χ1) is 9.63. The van der Waals surface area contributed by atoms with Crippen molar-refractivity contribution in [3.05, 3.63) is 40.9 Å². The maximum absolute atomic E-state index is 11.4. The molecule has 1 rings (SSSR count). The van der Waals surface area contributed by atoms with Crippen LogP contribution in [0.3, 0.4) is 0 Å². The molecule has 4 nitrogen and oxygen atoms in total. The summed E-state index contributed by atoms with van der Waals surface area (Å²) in [5.74, 6) is -0.867. The van der Waals surface area contributed by atoms with E-state index in [0.717, 1.165) is 18.4 Å². The van der Waals surface area contributed by atoms with Crippen molar-refractivity contribution in [2.45, 2.75) is 19.8 Å². The third-order valence-electron chi connectivity index (χ3n) is 2.50. The Balaban J connectivity index is 2.33. The largest absolute Gasteiger partial charge is 0.452 e. The molecule has 1 aromatic carbocycles. The first kappa shape index (κ1) is 16.2. The smallest absolute Gasteiger partial charge is 0.331 e. The molecule has 1 amide bonds. The molecule has 1 N–H and O–H groups in total. The number of rotatable bonds is 7. The van der Waals surface area contributed by atoms with Crippen molar-refractivity contribution in [1.82, 2.24) is 5.32 Å². The van der Waals surface area contributed by atoms with Crippen LogP contribution >= 0.6 is 11.6 Å². The average molecular weight is 296 g/mol. The van der Waals surface area contributed by atoms with E-state index < -0.39 is 5.97 Å². The van der Waals surface area contributed by atoms with E-state index in [1.54, 1.807) is 24.3 Å². The van der Waals surface area contributed by atoms with Crippen LogP contribution in [0.15, 0.2) is 30.3 Å². The maximum Gasteiger partial charge on any atom is 0.331 e. The van der Waals surface area contributed by atoms with Crippen LogP contribution in [0.2, 0.25) is 5.02 Å². The summed E-state index contributed by atoms with van der Waals surface area (Å²) in [6.07, 6.45) is 4.72. The van der Waals surface area contributed by atoms with Crippen LogP contribution < -0.4 is 5.32 Å². The summed E-state index contributed by atoms with van der Waals surface area (Å²) in [5.41, 5.74) is 0.721. The summed E-state index contributed by atoms with van der Waals surface area (Å²) in [6.45, 7) is 2.36. The maximum atomic E-state index is 11.4. The molecule has 0 aliphatic rings. The van der Waals surface area contributed by atoms with E-state index in [1.165, 1.54) is 6.08 Å². The first-order valence-corrected chi connectivity index (χ1v) is 6.87. The fraction of sp³-hybridized carbons (Fsp3) is 0.333.